The number of ketones is 1. The summed E-state index contributed by atoms with van der Waals surface area (Å²) in [5.74, 6) is 0.643. The maximum absolute atomic E-state index is 10.6. The molecule has 0 N–H and O–H groups in total. The van der Waals surface area contributed by atoms with Gasteiger partial charge in [-0.25, -0.2) is 0 Å². The first-order chi connectivity index (χ1) is 4.74. The first-order valence-electron chi connectivity index (χ1n) is 3.65. The SMILES string of the molecule is N#CC1CC2(CC(=O)C2)C1. The minimum Gasteiger partial charge on any atom is -0.300 e. The van der Waals surface area contributed by atoms with Crippen molar-refractivity contribution in [3.8, 4) is 6.07 Å². The zero-order valence-electron chi connectivity index (χ0n) is 5.76. The van der Waals surface area contributed by atoms with Gasteiger partial charge in [0.2, 0.25) is 0 Å². The van der Waals surface area contributed by atoms with Crippen molar-refractivity contribution in [3.05, 3.63) is 0 Å². The van der Waals surface area contributed by atoms with E-state index in [1.54, 1.807) is 0 Å². The summed E-state index contributed by atoms with van der Waals surface area (Å²) in [6.45, 7) is 0. The average Bonchev–Trinajstić information content (AvgIpc) is 1.74. The van der Waals surface area contributed by atoms with Crippen molar-refractivity contribution in [3.63, 3.8) is 0 Å². The van der Waals surface area contributed by atoms with Crippen LogP contribution in [0.25, 0.3) is 0 Å². The first-order valence-corrected chi connectivity index (χ1v) is 3.65. The van der Waals surface area contributed by atoms with E-state index in [0.29, 0.717) is 11.2 Å². The van der Waals surface area contributed by atoms with Crippen molar-refractivity contribution in [2.24, 2.45) is 11.3 Å². The standard InChI is InChI=1S/C8H9NO/c9-5-6-1-8(2-6)3-7(10)4-8/h6H,1-4H2. The van der Waals surface area contributed by atoms with Gasteiger partial charge in [-0.1, -0.05) is 0 Å². The van der Waals surface area contributed by atoms with Crippen LogP contribution in [0.3, 0.4) is 0 Å². The Morgan fingerprint density at radius 2 is 2.10 bits per heavy atom. The van der Waals surface area contributed by atoms with Gasteiger partial charge in [-0.15, -0.1) is 0 Å². The molecule has 2 nitrogen and oxygen atoms in total. The van der Waals surface area contributed by atoms with Gasteiger partial charge in [0.05, 0.1) is 6.07 Å². The highest BCUT2D eigenvalue weighted by Gasteiger charge is 2.52. The molecule has 2 fully saturated rings. The van der Waals surface area contributed by atoms with E-state index in [9.17, 15) is 4.79 Å². The van der Waals surface area contributed by atoms with E-state index < -0.39 is 0 Å². The van der Waals surface area contributed by atoms with Crippen LogP contribution in [-0.2, 0) is 4.79 Å². The molecular weight excluding hydrogens is 126 g/mol. The molecule has 0 heterocycles. The topological polar surface area (TPSA) is 40.9 Å². The van der Waals surface area contributed by atoms with Crippen LogP contribution >= 0.6 is 0 Å². The highest BCUT2D eigenvalue weighted by Crippen LogP contribution is 2.56. The molecule has 0 aromatic heterocycles. The van der Waals surface area contributed by atoms with Gasteiger partial charge in [-0.3, -0.25) is 4.79 Å². The van der Waals surface area contributed by atoms with Crippen molar-refractivity contribution >= 4 is 5.78 Å². The molecule has 0 aromatic rings. The molecule has 2 heteroatoms. The highest BCUT2D eigenvalue weighted by molar-refractivity contribution is 5.86. The molecular formula is C8H9NO. The molecule has 0 aromatic carbocycles. The number of rotatable bonds is 0. The Labute approximate surface area is 59.8 Å². The Kier molecular flexibility index (Phi) is 0.947. The normalized spacial score (nSPS) is 28.9. The van der Waals surface area contributed by atoms with Crippen molar-refractivity contribution in [1.29, 1.82) is 5.26 Å². The van der Waals surface area contributed by atoms with E-state index in [2.05, 4.69) is 6.07 Å². The number of Topliss-reactive ketones (excluding diaryl/α,β-unsaturated/α-hetero) is 1. The fourth-order valence-corrected chi connectivity index (χ4v) is 2.15. The molecule has 1 spiro atoms. The lowest BCUT2D eigenvalue weighted by Gasteiger charge is -2.50. The lowest BCUT2D eigenvalue weighted by Crippen LogP contribution is -2.47. The zero-order valence-corrected chi connectivity index (χ0v) is 5.76. The molecule has 0 saturated heterocycles. The van der Waals surface area contributed by atoms with Gasteiger partial charge in [-0.2, -0.15) is 5.26 Å². The first kappa shape index (κ1) is 5.91. The highest BCUT2D eigenvalue weighted by atomic mass is 16.1. The third kappa shape index (κ3) is 0.607. The number of nitrogens with zero attached hydrogens (tertiary/aromatic N) is 1. The van der Waals surface area contributed by atoms with Crippen LogP contribution in [0.5, 0.6) is 0 Å². The van der Waals surface area contributed by atoms with Crippen molar-refractivity contribution in [2.75, 3.05) is 0 Å². The summed E-state index contributed by atoms with van der Waals surface area (Å²) >= 11 is 0. The van der Waals surface area contributed by atoms with Crippen LogP contribution in [0.4, 0.5) is 0 Å². The van der Waals surface area contributed by atoms with E-state index in [1.807, 2.05) is 0 Å². The fourth-order valence-electron chi connectivity index (χ4n) is 2.15. The molecule has 0 bridgehead atoms. The van der Waals surface area contributed by atoms with Gasteiger partial charge in [0.15, 0.2) is 0 Å². The lowest BCUT2D eigenvalue weighted by atomic mass is 9.52. The number of hydrogen-bond acceptors (Lipinski definition) is 2. The van der Waals surface area contributed by atoms with Crippen molar-refractivity contribution < 1.29 is 4.79 Å². The molecule has 0 aliphatic heterocycles. The number of carbonyl (C=O) groups is 1. The molecule has 2 saturated carbocycles. The molecule has 0 radical (unpaired) electrons. The molecule has 2 aliphatic carbocycles. The van der Waals surface area contributed by atoms with Gasteiger partial charge >= 0.3 is 0 Å². The fraction of sp³-hybridized carbons (Fsp3) is 0.750. The predicted octanol–water partition coefficient (Wildman–Crippen LogP) is 1.27. The second-order valence-corrected chi connectivity index (χ2v) is 3.63. The number of hydrogen-bond donors (Lipinski definition) is 0. The van der Waals surface area contributed by atoms with E-state index in [1.165, 1.54) is 0 Å². The minimum atomic E-state index is 0.257. The van der Waals surface area contributed by atoms with Crippen LogP contribution in [0.2, 0.25) is 0 Å². The van der Waals surface area contributed by atoms with Gasteiger partial charge in [0.25, 0.3) is 0 Å². The predicted molar refractivity (Wildman–Crippen MR) is 35.0 cm³/mol. The minimum absolute atomic E-state index is 0.257. The van der Waals surface area contributed by atoms with Crippen molar-refractivity contribution in [1.82, 2.24) is 0 Å². The third-order valence-electron chi connectivity index (χ3n) is 2.69. The smallest absolute Gasteiger partial charge is 0.134 e. The molecule has 2 rings (SSSR count). The summed E-state index contributed by atoms with van der Waals surface area (Å²) in [5, 5.41) is 8.47. The summed E-state index contributed by atoms with van der Waals surface area (Å²) in [6.07, 6.45) is 3.47. The number of carbonyl (C=O) groups excluding carboxylic acids is 1. The monoisotopic (exact) mass is 135 g/mol. The quantitative estimate of drug-likeness (QED) is 0.502. The third-order valence-corrected chi connectivity index (χ3v) is 2.69. The zero-order chi connectivity index (χ0) is 7.19. The van der Waals surface area contributed by atoms with Crippen molar-refractivity contribution in [2.45, 2.75) is 25.7 Å². The van der Waals surface area contributed by atoms with E-state index in [0.717, 1.165) is 25.7 Å². The average molecular weight is 135 g/mol. The Morgan fingerprint density at radius 3 is 2.50 bits per heavy atom. The Bertz CT molecular complexity index is 210. The lowest BCUT2D eigenvalue weighted by molar-refractivity contribution is -0.140. The molecule has 2 aliphatic rings. The van der Waals surface area contributed by atoms with Gasteiger partial charge in [0, 0.05) is 18.8 Å². The Morgan fingerprint density at radius 1 is 1.50 bits per heavy atom. The van der Waals surface area contributed by atoms with Gasteiger partial charge < -0.3 is 0 Å². The summed E-state index contributed by atoms with van der Waals surface area (Å²) in [6, 6.07) is 2.23. The molecule has 52 valence electrons. The van der Waals surface area contributed by atoms with Crippen LogP contribution in [0.1, 0.15) is 25.7 Å². The summed E-state index contributed by atoms with van der Waals surface area (Å²) in [7, 11) is 0. The summed E-state index contributed by atoms with van der Waals surface area (Å²) < 4.78 is 0. The van der Waals surface area contributed by atoms with Crippen LogP contribution in [0, 0.1) is 22.7 Å². The Balaban J connectivity index is 1.92. The molecule has 0 atom stereocenters. The second-order valence-electron chi connectivity index (χ2n) is 3.63. The maximum atomic E-state index is 10.6. The summed E-state index contributed by atoms with van der Waals surface area (Å²) in [4.78, 5) is 10.6. The number of nitriles is 1. The maximum Gasteiger partial charge on any atom is 0.134 e. The molecule has 0 amide bonds. The van der Waals surface area contributed by atoms with Crippen LogP contribution in [-0.4, -0.2) is 5.78 Å². The van der Waals surface area contributed by atoms with E-state index in [-0.39, 0.29) is 5.92 Å². The summed E-state index contributed by atoms with van der Waals surface area (Å²) in [5.41, 5.74) is 0.317. The van der Waals surface area contributed by atoms with Crippen LogP contribution < -0.4 is 0 Å². The largest absolute Gasteiger partial charge is 0.300 e. The van der Waals surface area contributed by atoms with Gasteiger partial charge in [0.1, 0.15) is 5.78 Å². The Hall–Kier alpha value is -0.840. The van der Waals surface area contributed by atoms with E-state index in [4.69, 9.17) is 5.26 Å². The molecule has 10 heavy (non-hydrogen) atoms. The van der Waals surface area contributed by atoms with Gasteiger partial charge in [-0.05, 0) is 18.3 Å². The van der Waals surface area contributed by atoms with E-state index >= 15 is 0 Å². The molecule has 0 unspecified atom stereocenters. The van der Waals surface area contributed by atoms with Crippen LogP contribution in [0.15, 0.2) is 0 Å². The second kappa shape index (κ2) is 1.60.